The van der Waals surface area contributed by atoms with Crippen LogP contribution in [0.3, 0.4) is 0 Å². The first-order chi connectivity index (χ1) is 7.79. The number of nitrogens with zero attached hydrogens (tertiary/aromatic N) is 2. The molecule has 0 bridgehead atoms. The molecular weight excluding hydrogens is 257 g/mol. The lowest BCUT2D eigenvalue weighted by molar-refractivity contribution is 0.374. The Kier molecular flexibility index (Phi) is 4.87. The molecule has 0 aliphatic heterocycles. The van der Waals surface area contributed by atoms with Crippen LogP contribution < -0.4 is 5.32 Å². The number of aryl methyl sites for hydroxylation is 2. The second kappa shape index (κ2) is 5.59. The SMILES string of the molecule is CCc1nn(C)c(CNC(C)(C)C(C)Cl)c1Cl. The molecule has 0 aromatic carbocycles. The van der Waals surface area contributed by atoms with Crippen LogP contribution in [0.15, 0.2) is 0 Å². The van der Waals surface area contributed by atoms with E-state index in [-0.39, 0.29) is 10.9 Å². The lowest BCUT2D eigenvalue weighted by Gasteiger charge is -2.29. The summed E-state index contributed by atoms with van der Waals surface area (Å²) in [5.74, 6) is 0. The zero-order valence-corrected chi connectivity index (χ0v) is 12.7. The quantitative estimate of drug-likeness (QED) is 0.839. The molecule has 0 spiro atoms. The van der Waals surface area contributed by atoms with Crippen molar-refractivity contribution in [1.82, 2.24) is 15.1 Å². The van der Waals surface area contributed by atoms with E-state index in [9.17, 15) is 0 Å². The zero-order chi connectivity index (χ0) is 13.2. The summed E-state index contributed by atoms with van der Waals surface area (Å²) in [7, 11) is 1.92. The van der Waals surface area contributed by atoms with E-state index in [1.54, 1.807) is 0 Å². The molecule has 1 rings (SSSR count). The highest BCUT2D eigenvalue weighted by Gasteiger charge is 2.24. The molecule has 0 aliphatic rings. The van der Waals surface area contributed by atoms with Gasteiger partial charge in [-0.05, 0) is 27.2 Å². The van der Waals surface area contributed by atoms with Gasteiger partial charge in [0.2, 0.25) is 0 Å². The van der Waals surface area contributed by atoms with Gasteiger partial charge in [-0.25, -0.2) is 0 Å². The molecule has 0 radical (unpaired) electrons. The molecule has 17 heavy (non-hydrogen) atoms. The highest BCUT2D eigenvalue weighted by Crippen LogP contribution is 2.22. The van der Waals surface area contributed by atoms with Crippen LogP contribution >= 0.6 is 23.2 Å². The summed E-state index contributed by atoms with van der Waals surface area (Å²) in [5.41, 5.74) is 1.82. The van der Waals surface area contributed by atoms with E-state index in [4.69, 9.17) is 23.2 Å². The minimum atomic E-state index is -0.137. The summed E-state index contributed by atoms with van der Waals surface area (Å²) < 4.78 is 1.84. The van der Waals surface area contributed by atoms with E-state index in [1.165, 1.54) is 0 Å². The van der Waals surface area contributed by atoms with Crippen LogP contribution in [0.1, 0.15) is 39.1 Å². The molecule has 0 amide bonds. The zero-order valence-electron chi connectivity index (χ0n) is 11.1. The van der Waals surface area contributed by atoms with Crippen molar-refractivity contribution in [3.8, 4) is 0 Å². The summed E-state index contributed by atoms with van der Waals surface area (Å²) in [6.45, 7) is 8.87. The van der Waals surface area contributed by atoms with Crippen molar-refractivity contribution >= 4 is 23.2 Å². The van der Waals surface area contributed by atoms with Crippen LogP contribution in [-0.4, -0.2) is 20.7 Å². The maximum atomic E-state index is 6.28. The third-order valence-electron chi connectivity index (χ3n) is 3.21. The third kappa shape index (κ3) is 3.36. The van der Waals surface area contributed by atoms with Crippen molar-refractivity contribution in [2.75, 3.05) is 0 Å². The maximum Gasteiger partial charge on any atom is 0.0863 e. The summed E-state index contributed by atoms with van der Waals surface area (Å²) >= 11 is 12.4. The number of nitrogens with one attached hydrogen (secondary N) is 1. The number of rotatable bonds is 5. The van der Waals surface area contributed by atoms with Gasteiger partial charge in [0.25, 0.3) is 0 Å². The fraction of sp³-hybridized carbons (Fsp3) is 0.750. The second-order valence-corrected chi connectivity index (χ2v) is 5.91. The van der Waals surface area contributed by atoms with Crippen LogP contribution in [-0.2, 0) is 20.0 Å². The largest absolute Gasteiger partial charge is 0.305 e. The van der Waals surface area contributed by atoms with Gasteiger partial charge in [0.15, 0.2) is 0 Å². The molecule has 5 heteroatoms. The molecule has 1 aromatic rings. The number of hydrogen-bond acceptors (Lipinski definition) is 2. The topological polar surface area (TPSA) is 29.9 Å². The van der Waals surface area contributed by atoms with Gasteiger partial charge in [-0.3, -0.25) is 4.68 Å². The van der Waals surface area contributed by atoms with E-state index < -0.39 is 0 Å². The Morgan fingerprint density at radius 2 is 2.06 bits per heavy atom. The molecule has 0 fully saturated rings. The number of hydrogen-bond donors (Lipinski definition) is 1. The summed E-state index contributed by atoms with van der Waals surface area (Å²) in [6.07, 6.45) is 0.849. The van der Waals surface area contributed by atoms with Crippen LogP contribution in [0, 0.1) is 0 Å². The first-order valence-electron chi connectivity index (χ1n) is 5.89. The highest BCUT2D eigenvalue weighted by molar-refractivity contribution is 6.31. The van der Waals surface area contributed by atoms with Crippen LogP contribution in [0.2, 0.25) is 5.02 Å². The van der Waals surface area contributed by atoms with Gasteiger partial charge in [-0.15, -0.1) is 11.6 Å². The van der Waals surface area contributed by atoms with E-state index in [0.29, 0.717) is 6.54 Å². The van der Waals surface area contributed by atoms with Crippen LogP contribution in [0.4, 0.5) is 0 Å². The van der Waals surface area contributed by atoms with Gasteiger partial charge >= 0.3 is 0 Å². The summed E-state index contributed by atoms with van der Waals surface area (Å²) in [4.78, 5) is 0. The average Bonchev–Trinajstić information content (AvgIpc) is 2.51. The van der Waals surface area contributed by atoms with Crippen molar-refractivity contribution < 1.29 is 0 Å². The molecule has 98 valence electrons. The predicted molar refractivity (Wildman–Crippen MR) is 73.8 cm³/mol. The van der Waals surface area contributed by atoms with Gasteiger partial charge < -0.3 is 5.32 Å². The lowest BCUT2D eigenvalue weighted by Crippen LogP contribution is -2.45. The smallest absolute Gasteiger partial charge is 0.0863 e. The number of alkyl halides is 1. The molecule has 1 heterocycles. The standard InChI is InChI=1S/C12H21Cl2N3/c1-6-9-11(14)10(17(5)16-9)7-15-12(3,4)8(2)13/h8,15H,6-7H2,1-5H3. The monoisotopic (exact) mass is 277 g/mol. The minimum Gasteiger partial charge on any atom is -0.305 e. The van der Waals surface area contributed by atoms with E-state index in [1.807, 2.05) is 18.7 Å². The van der Waals surface area contributed by atoms with Crippen molar-refractivity contribution in [2.45, 2.75) is 51.6 Å². The van der Waals surface area contributed by atoms with Gasteiger partial charge in [0.05, 0.1) is 16.4 Å². The molecule has 1 N–H and O–H groups in total. The molecule has 1 atom stereocenters. The third-order valence-corrected chi connectivity index (χ3v) is 4.19. The number of halogens is 2. The Morgan fingerprint density at radius 3 is 2.47 bits per heavy atom. The Morgan fingerprint density at radius 1 is 1.47 bits per heavy atom. The predicted octanol–water partition coefficient (Wildman–Crippen LogP) is 3.13. The van der Waals surface area contributed by atoms with Gasteiger partial charge in [-0.2, -0.15) is 5.10 Å². The Bertz CT molecular complexity index is 383. The van der Waals surface area contributed by atoms with Gasteiger partial charge in [0, 0.05) is 24.5 Å². The second-order valence-electron chi connectivity index (χ2n) is 4.88. The van der Waals surface area contributed by atoms with Crippen LogP contribution in [0.5, 0.6) is 0 Å². The lowest BCUT2D eigenvalue weighted by atomic mass is 10.0. The molecular formula is C12H21Cl2N3. The normalized spacial score (nSPS) is 14.1. The minimum absolute atomic E-state index is 0.0418. The van der Waals surface area contributed by atoms with Crippen molar-refractivity contribution in [3.63, 3.8) is 0 Å². The maximum absolute atomic E-state index is 6.28. The van der Waals surface area contributed by atoms with E-state index >= 15 is 0 Å². The molecule has 0 aliphatic carbocycles. The van der Waals surface area contributed by atoms with Crippen molar-refractivity contribution in [1.29, 1.82) is 0 Å². The Balaban J connectivity index is 2.80. The van der Waals surface area contributed by atoms with Crippen molar-refractivity contribution in [2.24, 2.45) is 7.05 Å². The first kappa shape index (κ1) is 14.8. The van der Waals surface area contributed by atoms with Crippen LogP contribution in [0.25, 0.3) is 0 Å². The van der Waals surface area contributed by atoms with Gasteiger partial charge in [-0.1, -0.05) is 18.5 Å². The van der Waals surface area contributed by atoms with Crippen molar-refractivity contribution in [3.05, 3.63) is 16.4 Å². The van der Waals surface area contributed by atoms with E-state index in [2.05, 4.69) is 31.2 Å². The van der Waals surface area contributed by atoms with Gasteiger partial charge in [0.1, 0.15) is 0 Å². The molecule has 0 saturated carbocycles. The number of aromatic nitrogens is 2. The molecule has 0 saturated heterocycles. The summed E-state index contributed by atoms with van der Waals surface area (Å²) in [5, 5.41) is 8.61. The Hall–Kier alpha value is -0.250. The fourth-order valence-electron chi connectivity index (χ4n) is 1.46. The molecule has 3 nitrogen and oxygen atoms in total. The molecule has 1 unspecified atom stereocenters. The highest BCUT2D eigenvalue weighted by atomic mass is 35.5. The molecule has 1 aromatic heterocycles. The Labute approximate surface area is 113 Å². The van der Waals surface area contributed by atoms with E-state index in [0.717, 1.165) is 22.8 Å². The average molecular weight is 278 g/mol. The summed E-state index contributed by atoms with van der Waals surface area (Å²) in [6, 6.07) is 0. The first-order valence-corrected chi connectivity index (χ1v) is 6.70. The fourth-order valence-corrected chi connectivity index (χ4v) is 1.90.